The molecule has 0 aliphatic carbocycles. The summed E-state index contributed by atoms with van der Waals surface area (Å²) < 4.78 is 9.87. The third-order valence-corrected chi connectivity index (χ3v) is 3.36. The minimum absolute atomic E-state index is 0.327. The summed E-state index contributed by atoms with van der Waals surface area (Å²) in [7, 11) is 1.58. The van der Waals surface area contributed by atoms with E-state index in [2.05, 4.69) is 5.16 Å². The van der Waals surface area contributed by atoms with Crippen molar-refractivity contribution < 1.29 is 23.9 Å². The van der Waals surface area contributed by atoms with Gasteiger partial charge in [0.05, 0.1) is 13.3 Å². The van der Waals surface area contributed by atoms with Crippen LogP contribution in [0.2, 0.25) is 5.02 Å². The molecule has 25 heavy (non-hydrogen) atoms. The maximum absolute atomic E-state index is 11.8. The number of rotatable bonds is 8. The molecule has 2 aromatic rings. The van der Waals surface area contributed by atoms with Gasteiger partial charge in [-0.05, 0) is 54.1 Å². The van der Waals surface area contributed by atoms with E-state index in [1.807, 2.05) is 0 Å². The molecule has 0 aliphatic heterocycles. The van der Waals surface area contributed by atoms with Gasteiger partial charge in [0.25, 0.3) is 0 Å². The fourth-order valence-electron chi connectivity index (χ4n) is 1.78. The Hall–Kier alpha value is -2.86. The van der Waals surface area contributed by atoms with Crippen LogP contribution in [0.25, 0.3) is 0 Å². The Morgan fingerprint density at radius 3 is 2.36 bits per heavy atom. The van der Waals surface area contributed by atoms with Gasteiger partial charge in [0.15, 0.2) is 12.4 Å². The number of hydrogen-bond donors (Lipinski definition) is 0. The number of ether oxygens (including phenoxy) is 2. The molecule has 0 amide bonds. The summed E-state index contributed by atoms with van der Waals surface area (Å²) in [5.41, 5.74) is 1.20. The molecule has 0 saturated carbocycles. The molecule has 0 bridgehead atoms. The summed E-state index contributed by atoms with van der Waals surface area (Å²) in [5, 5.41) is 4.19. The van der Waals surface area contributed by atoms with Gasteiger partial charge in [-0.15, -0.1) is 0 Å². The molecule has 0 spiro atoms. The first-order chi connectivity index (χ1) is 12.1. The van der Waals surface area contributed by atoms with Crippen LogP contribution in [0.3, 0.4) is 0 Å². The van der Waals surface area contributed by atoms with Crippen molar-refractivity contribution in [3.63, 3.8) is 0 Å². The number of halogens is 1. The van der Waals surface area contributed by atoms with Gasteiger partial charge in [-0.3, -0.25) is 4.79 Å². The number of Topliss-reactive ketones (excluding diaryl/α,β-unsaturated/α-hetero) is 1. The average molecular weight is 362 g/mol. The summed E-state index contributed by atoms with van der Waals surface area (Å²) in [6.07, 6.45) is 1.45. The summed E-state index contributed by atoms with van der Waals surface area (Å²) in [4.78, 5) is 28.2. The SMILES string of the molecule is COc1ccc(/C=N/OCC(=O)OCC(=O)c2ccc(Cl)cc2)cc1. The van der Waals surface area contributed by atoms with Crippen LogP contribution in [0.15, 0.2) is 53.7 Å². The lowest BCUT2D eigenvalue weighted by atomic mass is 10.1. The Morgan fingerprint density at radius 1 is 1.04 bits per heavy atom. The molecule has 0 atom stereocenters. The van der Waals surface area contributed by atoms with E-state index in [-0.39, 0.29) is 19.0 Å². The van der Waals surface area contributed by atoms with Gasteiger partial charge >= 0.3 is 5.97 Å². The number of nitrogens with zero attached hydrogens (tertiary/aromatic N) is 1. The minimum atomic E-state index is -0.686. The van der Waals surface area contributed by atoms with Gasteiger partial charge in [-0.25, -0.2) is 4.79 Å². The third-order valence-electron chi connectivity index (χ3n) is 3.10. The number of benzene rings is 2. The van der Waals surface area contributed by atoms with E-state index in [9.17, 15) is 9.59 Å². The van der Waals surface area contributed by atoms with Crippen molar-refractivity contribution in [2.24, 2.45) is 5.16 Å². The molecule has 0 fully saturated rings. The molecular formula is C18H16ClNO5. The van der Waals surface area contributed by atoms with Crippen LogP contribution in [0.4, 0.5) is 0 Å². The largest absolute Gasteiger partial charge is 0.497 e. The smallest absolute Gasteiger partial charge is 0.347 e. The Balaban J connectivity index is 1.70. The maximum atomic E-state index is 11.8. The maximum Gasteiger partial charge on any atom is 0.347 e. The summed E-state index contributed by atoms with van der Waals surface area (Å²) in [6.45, 7) is -0.757. The fourth-order valence-corrected chi connectivity index (χ4v) is 1.91. The quantitative estimate of drug-likeness (QED) is 0.312. The van der Waals surface area contributed by atoms with Crippen molar-refractivity contribution in [1.82, 2.24) is 0 Å². The van der Waals surface area contributed by atoms with Gasteiger partial charge in [0.2, 0.25) is 6.61 Å². The molecular weight excluding hydrogens is 346 g/mol. The number of esters is 1. The first-order valence-corrected chi connectivity index (χ1v) is 7.70. The second-order valence-corrected chi connectivity index (χ2v) is 5.31. The fraction of sp³-hybridized carbons (Fsp3) is 0.167. The first kappa shape index (κ1) is 18.5. The summed E-state index contributed by atoms with van der Waals surface area (Å²) >= 11 is 5.74. The lowest BCUT2D eigenvalue weighted by molar-refractivity contribution is -0.147. The van der Waals surface area contributed by atoms with Crippen molar-refractivity contribution in [2.75, 3.05) is 20.3 Å². The van der Waals surface area contributed by atoms with Gasteiger partial charge in [0, 0.05) is 10.6 Å². The monoisotopic (exact) mass is 361 g/mol. The van der Waals surface area contributed by atoms with Crippen LogP contribution in [0.5, 0.6) is 5.75 Å². The molecule has 0 N–H and O–H groups in total. The van der Waals surface area contributed by atoms with E-state index in [1.54, 1.807) is 55.6 Å². The summed E-state index contributed by atoms with van der Waals surface area (Å²) in [5.74, 6) is -0.284. The predicted molar refractivity (Wildman–Crippen MR) is 93.3 cm³/mol. The van der Waals surface area contributed by atoms with Crippen molar-refractivity contribution in [2.45, 2.75) is 0 Å². The van der Waals surface area contributed by atoms with Crippen LogP contribution in [-0.2, 0) is 14.4 Å². The highest BCUT2D eigenvalue weighted by Gasteiger charge is 2.10. The number of methoxy groups -OCH3 is 1. The Morgan fingerprint density at radius 2 is 1.72 bits per heavy atom. The van der Waals surface area contributed by atoms with Crippen molar-refractivity contribution in [3.05, 3.63) is 64.7 Å². The lowest BCUT2D eigenvalue weighted by Gasteiger charge is -2.04. The molecule has 0 unspecified atom stereocenters. The highest BCUT2D eigenvalue weighted by atomic mass is 35.5. The Labute approximate surface area is 149 Å². The van der Waals surface area contributed by atoms with Crippen molar-refractivity contribution >= 4 is 29.6 Å². The molecule has 0 radical (unpaired) electrons. The molecule has 130 valence electrons. The zero-order valence-electron chi connectivity index (χ0n) is 13.5. The van der Waals surface area contributed by atoms with Crippen LogP contribution < -0.4 is 4.74 Å². The standard InChI is InChI=1S/C18H16ClNO5/c1-23-16-8-2-13(3-9-16)10-20-25-12-18(22)24-11-17(21)14-4-6-15(19)7-5-14/h2-10H,11-12H2,1H3/b20-10+. The molecule has 6 nitrogen and oxygen atoms in total. The van der Waals surface area contributed by atoms with E-state index >= 15 is 0 Å². The van der Waals surface area contributed by atoms with Gasteiger partial charge < -0.3 is 14.3 Å². The zero-order valence-corrected chi connectivity index (χ0v) is 14.2. The van der Waals surface area contributed by atoms with Crippen molar-refractivity contribution in [1.29, 1.82) is 0 Å². The number of oxime groups is 1. The van der Waals surface area contributed by atoms with Crippen molar-refractivity contribution in [3.8, 4) is 5.75 Å². The normalized spacial score (nSPS) is 10.5. The lowest BCUT2D eigenvalue weighted by Crippen LogP contribution is -2.17. The number of carbonyl (C=O) groups excluding carboxylic acids is 2. The van der Waals surface area contributed by atoms with Crippen LogP contribution >= 0.6 is 11.6 Å². The van der Waals surface area contributed by atoms with Crippen LogP contribution in [0, 0.1) is 0 Å². The summed E-state index contributed by atoms with van der Waals surface area (Å²) in [6, 6.07) is 13.4. The van der Waals surface area contributed by atoms with E-state index in [0.29, 0.717) is 10.6 Å². The zero-order chi connectivity index (χ0) is 18.1. The van der Waals surface area contributed by atoms with Crippen LogP contribution in [0.1, 0.15) is 15.9 Å². The van der Waals surface area contributed by atoms with E-state index in [1.165, 1.54) is 6.21 Å². The van der Waals surface area contributed by atoms with E-state index < -0.39 is 5.97 Å². The molecule has 0 aliphatic rings. The second-order valence-electron chi connectivity index (χ2n) is 4.87. The highest BCUT2D eigenvalue weighted by molar-refractivity contribution is 6.30. The topological polar surface area (TPSA) is 74.2 Å². The third kappa shape index (κ3) is 6.27. The van der Waals surface area contributed by atoms with Gasteiger partial charge in [0.1, 0.15) is 5.75 Å². The molecule has 0 heterocycles. The Kier molecular flexibility index (Phi) is 6.98. The Bertz CT molecular complexity index is 741. The van der Waals surface area contributed by atoms with Gasteiger partial charge in [-0.2, -0.15) is 0 Å². The molecule has 7 heteroatoms. The first-order valence-electron chi connectivity index (χ1n) is 7.32. The highest BCUT2D eigenvalue weighted by Crippen LogP contribution is 2.10. The van der Waals surface area contributed by atoms with Gasteiger partial charge in [-0.1, -0.05) is 16.8 Å². The number of ketones is 1. The number of carbonyl (C=O) groups is 2. The predicted octanol–water partition coefficient (Wildman–Crippen LogP) is 3.13. The average Bonchev–Trinajstić information content (AvgIpc) is 2.64. The molecule has 0 aromatic heterocycles. The molecule has 2 rings (SSSR count). The molecule has 0 saturated heterocycles. The molecule has 2 aromatic carbocycles. The minimum Gasteiger partial charge on any atom is -0.497 e. The second kappa shape index (κ2) is 9.44. The van der Waals surface area contributed by atoms with E-state index in [4.69, 9.17) is 25.9 Å². The van der Waals surface area contributed by atoms with E-state index in [0.717, 1.165) is 11.3 Å². The van der Waals surface area contributed by atoms with Crippen LogP contribution in [-0.4, -0.2) is 38.3 Å². The number of hydrogen-bond acceptors (Lipinski definition) is 6.